The molecule has 5 heteroatoms. The third kappa shape index (κ3) is 3.99. The number of hydrogen-bond acceptors (Lipinski definition) is 3. The van der Waals surface area contributed by atoms with Crippen molar-refractivity contribution in [2.24, 2.45) is 5.92 Å². The highest BCUT2D eigenvalue weighted by molar-refractivity contribution is 7.10. The van der Waals surface area contributed by atoms with Crippen molar-refractivity contribution in [3.05, 3.63) is 57.8 Å². The lowest BCUT2D eigenvalue weighted by Crippen LogP contribution is -2.30. The molecular weight excluding hydrogens is 310 g/mol. The van der Waals surface area contributed by atoms with Crippen LogP contribution >= 0.6 is 11.3 Å². The van der Waals surface area contributed by atoms with Crippen molar-refractivity contribution in [2.45, 2.75) is 19.3 Å². The van der Waals surface area contributed by atoms with Crippen LogP contribution in [0.2, 0.25) is 0 Å². The van der Waals surface area contributed by atoms with E-state index in [2.05, 4.69) is 0 Å². The minimum absolute atomic E-state index is 0.189. The Morgan fingerprint density at radius 3 is 2.87 bits per heavy atom. The predicted molar refractivity (Wildman–Crippen MR) is 89.8 cm³/mol. The average molecular weight is 329 g/mol. The van der Waals surface area contributed by atoms with Crippen LogP contribution < -0.4 is 0 Å². The van der Waals surface area contributed by atoms with Crippen LogP contribution in [0.5, 0.6) is 0 Å². The summed E-state index contributed by atoms with van der Waals surface area (Å²) in [6.07, 6.45) is 2.29. The van der Waals surface area contributed by atoms with Crippen LogP contribution in [0.25, 0.3) is 0 Å². The molecule has 1 unspecified atom stereocenters. The van der Waals surface area contributed by atoms with Gasteiger partial charge < -0.3 is 10.0 Å². The topological polar surface area (TPSA) is 57.6 Å². The van der Waals surface area contributed by atoms with Gasteiger partial charge in [-0.3, -0.25) is 4.79 Å². The van der Waals surface area contributed by atoms with Gasteiger partial charge in [-0.2, -0.15) is 0 Å². The minimum atomic E-state index is -0.897. The summed E-state index contributed by atoms with van der Waals surface area (Å²) in [6.45, 7) is 1.56. The number of carbonyl (C=O) groups excluding carboxylic acids is 1. The number of hydrogen-bond donors (Lipinski definition) is 1. The highest BCUT2D eigenvalue weighted by atomic mass is 32.1. The molecule has 3 rings (SSSR count). The number of likely N-dealkylation sites (tertiary alicyclic amines) is 1. The van der Waals surface area contributed by atoms with Crippen molar-refractivity contribution < 1.29 is 14.7 Å². The molecule has 1 aliphatic rings. The average Bonchev–Trinajstić information content (AvgIpc) is 3.19. The molecule has 2 aromatic rings. The summed E-state index contributed by atoms with van der Waals surface area (Å²) >= 11 is 1.61. The molecule has 1 saturated heterocycles. The summed E-state index contributed by atoms with van der Waals surface area (Å²) < 4.78 is 0. The van der Waals surface area contributed by atoms with Crippen molar-refractivity contribution in [1.29, 1.82) is 0 Å². The lowest BCUT2D eigenvalue weighted by atomic mass is 9.97. The van der Waals surface area contributed by atoms with E-state index in [1.807, 2.05) is 28.5 Å². The van der Waals surface area contributed by atoms with Crippen molar-refractivity contribution in [3.63, 3.8) is 0 Å². The number of carbonyl (C=O) groups is 2. The van der Waals surface area contributed by atoms with Gasteiger partial charge in [-0.25, -0.2) is 4.79 Å². The second-order valence-electron chi connectivity index (χ2n) is 5.96. The van der Waals surface area contributed by atoms with Gasteiger partial charge in [-0.1, -0.05) is 18.2 Å². The van der Waals surface area contributed by atoms with Gasteiger partial charge >= 0.3 is 5.97 Å². The van der Waals surface area contributed by atoms with E-state index in [4.69, 9.17) is 5.11 Å². The Balaban J connectivity index is 1.56. The number of nitrogens with zero attached hydrogens (tertiary/aromatic N) is 1. The minimum Gasteiger partial charge on any atom is -0.478 e. The zero-order valence-corrected chi connectivity index (χ0v) is 13.6. The maximum Gasteiger partial charge on any atom is 0.335 e. The number of thiophene rings is 1. The third-order valence-corrected chi connectivity index (χ3v) is 5.12. The largest absolute Gasteiger partial charge is 0.478 e. The summed E-state index contributed by atoms with van der Waals surface area (Å²) in [5.41, 5.74) is 1.36. The fraction of sp³-hybridized carbons (Fsp3) is 0.333. The van der Waals surface area contributed by atoms with Gasteiger partial charge in [0.1, 0.15) is 0 Å². The first-order chi connectivity index (χ1) is 11.1. The maximum absolute atomic E-state index is 12.3. The number of carboxylic acid groups (broad SMARTS) is 1. The summed E-state index contributed by atoms with van der Waals surface area (Å²) in [4.78, 5) is 26.4. The van der Waals surface area contributed by atoms with Crippen LogP contribution in [0.4, 0.5) is 0 Å². The van der Waals surface area contributed by atoms with E-state index in [1.165, 1.54) is 0 Å². The molecule has 4 nitrogen and oxygen atoms in total. The van der Waals surface area contributed by atoms with Crippen molar-refractivity contribution in [1.82, 2.24) is 4.90 Å². The highest BCUT2D eigenvalue weighted by Gasteiger charge is 2.26. The first-order valence-electron chi connectivity index (χ1n) is 7.74. The Morgan fingerprint density at radius 2 is 2.13 bits per heavy atom. The third-order valence-electron chi connectivity index (χ3n) is 4.24. The van der Waals surface area contributed by atoms with E-state index < -0.39 is 5.97 Å². The molecule has 0 aliphatic carbocycles. The Bertz CT molecular complexity index is 696. The lowest BCUT2D eigenvalue weighted by Gasteiger charge is -2.16. The van der Waals surface area contributed by atoms with E-state index in [0.29, 0.717) is 17.9 Å². The van der Waals surface area contributed by atoms with Crippen LogP contribution in [0, 0.1) is 5.92 Å². The summed E-state index contributed by atoms with van der Waals surface area (Å²) in [5.74, 6) is -0.299. The Morgan fingerprint density at radius 1 is 1.26 bits per heavy atom. The number of rotatable bonds is 5. The molecule has 1 aromatic heterocycles. The molecule has 1 atom stereocenters. The second kappa shape index (κ2) is 6.96. The van der Waals surface area contributed by atoms with Gasteiger partial charge in [0.15, 0.2) is 0 Å². The molecule has 0 spiro atoms. The van der Waals surface area contributed by atoms with E-state index in [9.17, 15) is 9.59 Å². The van der Waals surface area contributed by atoms with Gasteiger partial charge in [0, 0.05) is 18.0 Å². The van der Waals surface area contributed by atoms with Crippen LogP contribution in [0.15, 0.2) is 41.8 Å². The standard InChI is InChI=1S/C18H19NO3S/c20-17(11-16-5-2-8-23-16)19-7-6-14(12-19)9-13-3-1-4-15(10-13)18(21)22/h1-5,8,10,14H,6-7,9,11-12H2,(H,21,22). The number of amides is 1. The zero-order valence-electron chi connectivity index (χ0n) is 12.8. The molecule has 0 saturated carbocycles. The smallest absolute Gasteiger partial charge is 0.335 e. The number of carboxylic acids is 1. The zero-order chi connectivity index (χ0) is 16.2. The van der Waals surface area contributed by atoms with Crippen LogP contribution in [0.1, 0.15) is 27.2 Å². The Hall–Kier alpha value is -2.14. The van der Waals surface area contributed by atoms with Crippen LogP contribution in [-0.2, 0) is 17.6 Å². The second-order valence-corrected chi connectivity index (χ2v) is 6.99. The molecule has 1 fully saturated rings. The van der Waals surface area contributed by atoms with Gasteiger partial charge in [0.25, 0.3) is 0 Å². The predicted octanol–water partition coefficient (Wildman–Crippen LogP) is 3.08. The van der Waals surface area contributed by atoms with Crippen LogP contribution in [-0.4, -0.2) is 35.0 Å². The van der Waals surface area contributed by atoms with E-state index >= 15 is 0 Å². The highest BCUT2D eigenvalue weighted by Crippen LogP contribution is 2.22. The van der Waals surface area contributed by atoms with Gasteiger partial charge in [-0.15, -0.1) is 11.3 Å². The monoisotopic (exact) mass is 329 g/mol. The fourth-order valence-corrected chi connectivity index (χ4v) is 3.76. The first kappa shape index (κ1) is 15.7. The van der Waals surface area contributed by atoms with E-state index in [0.717, 1.165) is 36.4 Å². The molecular formula is C18H19NO3S. The summed E-state index contributed by atoms with van der Waals surface area (Å²) in [6, 6.07) is 11.1. The SMILES string of the molecule is O=C(O)c1cccc(CC2CCN(C(=O)Cc3cccs3)C2)c1. The number of benzene rings is 1. The molecule has 120 valence electrons. The Kier molecular flexibility index (Phi) is 4.76. The fourth-order valence-electron chi connectivity index (χ4n) is 3.06. The van der Waals surface area contributed by atoms with Gasteiger partial charge in [0.2, 0.25) is 5.91 Å². The van der Waals surface area contributed by atoms with Gasteiger partial charge in [0.05, 0.1) is 12.0 Å². The van der Waals surface area contributed by atoms with Crippen LogP contribution in [0.3, 0.4) is 0 Å². The van der Waals surface area contributed by atoms with E-state index in [-0.39, 0.29) is 5.91 Å². The molecule has 23 heavy (non-hydrogen) atoms. The molecule has 1 aliphatic heterocycles. The normalized spacial score (nSPS) is 17.4. The molecule has 0 bridgehead atoms. The quantitative estimate of drug-likeness (QED) is 0.917. The first-order valence-corrected chi connectivity index (χ1v) is 8.62. The molecule has 1 N–H and O–H groups in total. The van der Waals surface area contributed by atoms with Crippen molar-refractivity contribution in [2.75, 3.05) is 13.1 Å². The molecule has 1 amide bonds. The van der Waals surface area contributed by atoms with E-state index in [1.54, 1.807) is 29.5 Å². The van der Waals surface area contributed by atoms with Gasteiger partial charge in [-0.05, 0) is 47.9 Å². The molecule has 1 aromatic carbocycles. The van der Waals surface area contributed by atoms with Crippen molar-refractivity contribution >= 4 is 23.2 Å². The molecule has 0 radical (unpaired) electrons. The summed E-state index contributed by atoms with van der Waals surface area (Å²) in [7, 11) is 0. The van der Waals surface area contributed by atoms with Crippen molar-refractivity contribution in [3.8, 4) is 0 Å². The lowest BCUT2D eigenvalue weighted by molar-refractivity contribution is -0.129. The summed E-state index contributed by atoms with van der Waals surface area (Å²) in [5, 5.41) is 11.0. The maximum atomic E-state index is 12.3. The number of aromatic carboxylic acids is 1. The molecule has 2 heterocycles. The Labute approximate surface area is 139 Å².